The van der Waals surface area contributed by atoms with Crippen molar-refractivity contribution in [1.82, 2.24) is 5.32 Å². The molecule has 0 fully saturated rings. The van der Waals surface area contributed by atoms with Crippen molar-refractivity contribution in [2.75, 3.05) is 0 Å². The maximum Gasteiger partial charge on any atom is 0.243 e. The molecule has 1 amide bonds. The first-order valence-electron chi connectivity index (χ1n) is 4.39. The summed E-state index contributed by atoms with van der Waals surface area (Å²) in [4.78, 5) is 12.5. The van der Waals surface area contributed by atoms with E-state index in [-0.39, 0.29) is 11.4 Å². The molecule has 0 aromatic carbocycles. The molecule has 0 bridgehead atoms. The molecule has 1 heterocycles. The summed E-state index contributed by atoms with van der Waals surface area (Å²) in [7, 11) is 0. The highest BCUT2D eigenvalue weighted by Crippen LogP contribution is 2.25. The molecule has 2 nitrogen and oxygen atoms in total. The van der Waals surface area contributed by atoms with Crippen molar-refractivity contribution >= 4 is 28.8 Å². The summed E-state index contributed by atoms with van der Waals surface area (Å²) in [6.45, 7) is 5.80. The fourth-order valence-corrected chi connectivity index (χ4v) is 1.98. The molecule has 1 N–H and O–H groups in total. The Morgan fingerprint density at radius 1 is 1.57 bits per heavy atom. The van der Waals surface area contributed by atoms with Gasteiger partial charge in [0.05, 0.1) is 0 Å². The van der Waals surface area contributed by atoms with E-state index in [0.29, 0.717) is 0 Å². The Morgan fingerprint density at radius 3 is 2.64 bits per heavy atom. The highest BCUT2D eigenvalue weighted by atomic mass is 35.5. The first kappa shape index (κ1) is 11.5. The number of hydrogen-bond donors (Lipinski definition) is 1. The number of carbonyl (C=O) groups excluding carboxylic acids is 1. The van der Waals surface area contributed by atoms with Crippen LogP contribution in [0.3, 0.4) is 0 Å². The molecule has 0 aliphatic carbocycles. The monoisotopic (exact) mass is 231 g/mol. The van der Waals surface area contributed by atoms with Gasteiger partial charge in [0.25, 0.3) is 0 Å². The molecule has 4 heteroatoms. The predicted molar refractivity (Wildman–Crippen MR) is 60.8 cm³/mol. The van der Waals surface area contributed by atoms with Crippen LogP contribution in [0.5, 0.6) is 0 Å². The average molecular weight is 232 g/mol. The van der Waals surface area contributed by atoms with Crippen LogP contribution in [-0.2, 0) is 4.79 Å². The van der Waals surface area contributed by atoms with Gasteiger partial charge in [-0.25, -0.2) is 0 Å². The van der Waals surface area contributed by atoms with Gasteiger partial charge in [-0.2, -0.15) is 0 Å². The lowest BCUT2D eigenvalue weighted by molar-refractivity contribution is -0.122. The van der Waals surface area contributed by atoms with E-state index in [9.17, 15) is 4.79 Å². The van der Waals surface area contributed by atoms with E-state index < -0.39 is 5.38 Å². The first-order chi connectivity index (χ1) is 6.40. The molecular formula is C10H14ClNOS. The SMILES string of the molecule is CC(C)(C)NC(=O)C(Cl)c1cccs1. The van der Waals surface area contributed by atoms with Gasteiger partial charge in [-0.05, 0) is 32.2 Å². The maximum atomic E-state index is 11.6. The lowest BCUT2D eigenvalue weighted by Gasteiger charge is -2.22. The van der Waals surface area contributed by atoms with Gasteiger partial charge < -0.3 is 5.32 Å². The molecule has 0 aliphatic heterocycles. The van der Waals surface area contributed by atoms with Crippen molar-refractivity contribution in [3.8, 4) is 0 Å². The minimum absolute atomic E-state index is 0.137. The number of thiophene rings is 1. The third kappa shape index (κ3) is 3.31. The molecule has 0 radical (unpaired) electrons. The van der Waals surface area contributed by atoms with Gasteiger partial charge in [0.15, 0.2) is 0 Å². The van der Waals surface area contributed by atoms with Crippen LogP contribution in [-0.4, -0.2) is 11.4 Å². The molecule has 1 aromatic heterocycles. The summed E-state index contributed by atoms with van der Waals surface area (Å²) >= 11 is 7.50. The number of hydrogen-bond acceptors (Lipinski definition) is 2. The largest absolute Gasteiger partial charge is 0.350 e. The summed E-state index contributed by atoms with van der Waals surface area (Å²) in [6.07, 6.45) is 0. The molecule has 0 aliphatic rings. The molecular weight excluding hydrogens is 218 g/mol. The van der Waals surface area contributed by atoms with E-state index >= 15 is 0 Å². The Morgan fingerprint density at radius 2 is 2.21 bits per heavy atom. The maximum absolute atomic E-state index is 11.6. The zero-order valence-corrected chi connectivity index (χ0v) is 10.1. The summed E-state index contributed by atoms with van der Waals surface area (Å²) in [5.41, 5.74) is -0.235. The summed E-state index contributed by atoms with van der Waals surface area (Å²) in [6, 6.07) is 3.75. The second kappa shape index (κ2) is 4.32. The standard InChI is InChI=1S/C10H14ClNOS/c1-10(2,3)12-9(13)8(11)7-5-4-6-14-7/h4-6,8H,1-3H3,(H,12,13). The lowest BCUT2D eigenvalue weighted by Crippen LogP contribution is -2.42. The van der Waals surface area contributed by atoms with Crippen LogP contribution in [0, 0.1) is 0 Å². The highest BCUT2D eigenvalue weighted by molar-refractivity contribution is 7.10. The number of rotatable bonds is 2. The van der Waals surface area contributed by atoms with Gasteiger partial charge in [0.2, 0.25) is 5.91 Å². The quantitative estimate of drug-likeness (QED) is 0.780. The topological polar surface area (TPSA) is 29.1 Å². The van der Waals surface area contributed by atoms with Crippen LogP contribution >= 0.6 is 22.9 Å². The minimum Gasteiger partial charge on any atom is -0.350 e. The van der Waals surface area contributed by atoms with Gasteiger partial charge in [-0.15, -0.1) is 22.9 Å². The first-order valence-corrected chi connectivity index (χ1v) is 5.71. The number of nitrogens with one attached hydrogen (secondary N) is 1. The van der Waals surface area contributed by atoms with E-state index in [0.717, 1.165) is 4.88 Å². The van der Waals surface area contributed by atoms with Gasteiger partial charge in [-0.1, -0.05) is 6.07 Å². The number of alkyl halides is 1. The Kier molecular flexibility index (Phi) is 3.56. The molecule has 1 unspecified atom stereocenters. The van der Waals surface area contributed by atoms with Crippen molar-refractivity contribution in [3.63, 3.8) is 0 Å². The highest BCUT2D eigenvalue weighted by Gasteiger charge is 2.22. The van der Waals surface area contributed by atoms with E-state index in [1.54, 1.807) is 0 Å². The van der Waals surface area contributed by atoms with Crippen molar-refractivity contribution in [3.05, 3.63) is 22.4 Å². The van der Waals surface area contributed by atoms with Crippen molar-refractivity contribution in [2.45, 2.75) is 31.7 Å². The molecule has 1 rings (SSSR count). The van der Waals surface area contributed by atoms with Crippen LogP contribution in [0.4, 0.5) is 0 Å². The molecule has 1 aromatic rings. The molecule has 78 valence electrons. The van der Waals surface area contributed by atoms with Gasteiger partial charge in [0, 0.05) is 10.4 Å². The molecule has 14 heavy (non-hydrogen) atoms. The van der Waals surface area contributed by atoms with Crippen molar-refractivity contribution in [1.29, 1.82) is 0 Å². The normalized spacial score (nSPS) is 13.7. The van der Waals surface area contributed by atoms with Crippen LogP contribution in [0.2, 0.25) is 0 Å². The number of halogens is 1. The Balaban J connectivity index is 2.63. The Bertz CT molecular complexity index is 302. The number of amides is 1. The molecule has 0 saturated heterocycles. The predicted octanol–water partition coefficient (Wildman–Crippen LogP) is 2.94. The van der Waals surface area contributed by atoms with E-state index in [1.165, 1.54) is 11.3 Å². The molecule has 0 saturated carbocycles. The number of carbonyl (C=O) groups is 1. The molecule has 0 spiro atoms. The Hall–Kier alpha value is -0.540. The average Bonchev–Trinajstić information content (AvgIpc) is 2.51. The summed E-state index contributed by atoms with van der Waals surface area (Å²) in [5.74, 6) is -0.137. The fraction of sp³-hybridized carbons (Fsp3) is 0.500. The minimum atomic E-state index is -0.575. The second-order valence-corrected chi connectivity index (χ2v) is 5.53. The summed E-state index contributed by atoms with van der Waals surface area (Å²) < 4.78 is 0. The van der Waals surface area contributed by atoms with Crippen LogP contribution in [0.1, 0.15) is 31.0 Å². The zero-order valence-electron chi connectivity index (χ0n) is 8.50. The zero-order chi connectivity index (χ0) is 10.8. The summed E-state index contributed by atoms with van der Waals surface area (Å²) in [5, 5.41) is 4.18. The van der Waals surface area contributed by atoms with Crippen molar-refractivity contribution < 1.29 is 4.79 Å². The Labute approximate surface area is 93.3 Å². The van der Waals surface area contributed by atoms with Gasteiger partial charge in [-0.3, -0.25) is 4.79 Å². The third-order valence-electron chi connectivity index (χ3n) is 1.52. The van der Waals surface area contributed by atoms with Crippen LogP contribution in [0.25, 0.3) is 0 Å². The fourth-order valence-electron chi connectivity index (χ4n) is 0.998. The smallest absolute Gasteiger partial charge is 0.243 e. The van der Waals surface area contributed by atoms with Crippen molar-refractivity contribution in [2.24, 2.45) is 0 Å². The van der Waals surface area contributed by atoms with Gasteiger partial charge >= 0.3 is 0 Å². The third-order valence-corrected chi connectivity index (χ3v) is 3.02. The van der Waals surface area contributed by atoms with Crippen LogP contribution < -0.4 is 5.32 Å². The van der Waals surface area contributed by atoms with Crippen LogP contribution in [0.15, 0.2) is 17.5 Å². The van der Waals surface area contributed by atoms with E-state index in [1.807, 2.05) is 38.3 Å². The van der Waals surface area contributed by atoms with Gasteiger partial charge in [0.1, 0.15) is 5.38 Å². The van der Waals surface area contributed by atoms with E-state index in [2.05, 4.69) is 5.32 Å². The second-order valence-electron chi connectivity index (χ2n) is 4.12. The lowest BCUT2D eigenvalue weighted by atomic mass is 10.1. The molecule has 1 atom stereocenters. The van der Waals surface area contributed by atoms with E-state index in [4.69, 9.17) is 11.6 Å².